The van der Waals surface area contributed by atoms with Crippen LogP contribution in [0, 0.1) is 0 Å². The van der Waals surface area contributed by atoms with Crippen LogP contribution >= 0.6 is 0 Å². The summed E-state index contributed by atoms with van der Waals surface area (Å²) in [5.74, 6) is 0.0640. The van der Waals surface area contributed by atoms with E-state index in [1.165, 1.54) is 24.0 Å². The van der Waals surface area contributed by atoms with Crippen molar-refractivity contribution in [1.82, 2.24) is 14.9 Å². The van der Waals surface area contributed by atoms with E-state index < -0.39 is 0 Å². The SMILES string of the molecule is C[C@@H](NC(=O)Cc1ccc2c(c1)CCC2)c1ccc(-n2ccnc2)cc1. The zero-order valence-corrected chi connectivity index (χ0v) is 15.0. The van der Waals surface area contributed by atoms with Crippen LogP contribution in [0.5, 0.6) is 0 Å². The molecule has 4 nitrogen and oxygen atoms in total. The molecule has 2 aromatic carbocycles. The maximum atomic E-state index is 12.4. The third kappa shape index (κ3) is 3.54. The summed E-state index contributed by atoms with van der Waals surface area (Å²) in [6.07, 6.45) is 9.43. The minimum absolute atomic E-state index is 0.0197. The van der Waals surface area contributed by atoms with Gasteiger partial charge in [0.05, 0.1) is 18.8 Å². The lowest BCUT2D eigenvalue weighted by Crippen LogP contribution is -2.28. The van der Waals surface area contributed by atoms with Crippen molar-refractivity contribution in [2.75, 3.05) is 0 Å². The Morgan fingerprint density at radius 2 is 1.96 bits per heavy atom. The smallest absolute Gasteiger partial charge is 0.224 e. The molecule has 0 bridgehead atoms. The largest absolute Gasteiger partial charge is 0.349 e. The van der Waals surface area contributed by atoms with E-state index in [9.17, 15) is 4.79 Å². The number of imidazole rings is 1. The van der Waals surface area contributed by atoms with Crippen LogP contribution in [0.3, 0.4) is 0 Å². The molecule has 1 aliphatic carbocycles. The number of aromatic nitrogens is 2. The number of nitrogens with zero attached hydrogens (tertiary/aromatic N) is 2. The second-order valence-corrected chi connectivity index (χ2v) is 6.98. The van der Waals surface area contributed by atoms with E-state index in [4.69, 9.17) is 0 Å². The fraction of sp³-hybridized carbons (Fsp3) is 0.273. The van der Waals surface area contributed by atoms with Crippen molar-refractivity contribution in [3.8, 4) is 5.69 Å². The van der Waals surface area contributed by atoms with Gasteiger partial charge < -0.3 is 9.88 Å². The maximum Gasteiger partial charge on any atom is 0.224 e. The van der Waals surface area contributed by atoms with Crippen LogP contribution in [-0.4, -0.2) is 15.5 Å². The first-order chi connectivity index (χ1) is 12.7. The molecular weight excluding hydrogens is 322 g/mol. The molecule has 1 amide bonds. The number of hydrogen-bond acceptors (Lipinski definition) is 2. The number of aryl methyl sites for hydroxylation is 2. The second-order valence-electron chi connectivity index (χ2n) is 6.98. The Hall–Kier alpha value is -2.88. The van der Waals surface area contributed by atoms with Gasteiger partial charge in [-0.05, 0) is 60.6 Å². The summed E-state index contributed by atoms with van der Waals surface area (Å²) in [5, 5.41) is 3.11. The molecule has 0 saturated heterocycles. The maximum absolute atomic E-state index is 12.4. The predicted octanol–water partition coefficient (Wildman–Crippen LogP) is 3.78. The molecule has 0 unspecified atom stereocenters. The molecule has 26 heavy (non-hydrogen) atoms. The van der Waals surface area contributed by atoms with Gasteiger partial charge in [0.25, 0.3) is 0 Å². The lowest BCUT2D eigenvalue weighted by molar-refractivity contribution is -0.121. The van der Waals surface area contributed by atoms with E-state index >= 15 is 0 Å². The van der Waals surface area contributed by atoms with E-state index in [0.717, 1.165) is 23.2 Å². The highest BCUT2D eigenvalue weighted by Gasteiger charge is 2.14. The van der Waals surface area contributed by atoms with Gasteiger partial charge in [-0.25, -0.2) is 4.98 Å². The van der Waals surface area contributed by atoms with Gasteiger partial charge in [0.15, 0.2) is 0 Å². The van der Waals surface area contributed by atoms with Gasteiger partial charge in [0.2, 0.25) is 5.91 Å². The molecule has 0 spiro atoms. The Morgan fingerprint density at radius 1 is 1.15 bits per heavy atom. The Bertz CT molecular complexity index is 898. The van der Waals surface area contributed by atoms with Gasteiger partial charge in [0, 0.05) is 18.1 Å². The molecule has 132 valence electrons. The van der Waals surface area contributed by atoms with Gasteiger partial charge in [-0.2, -0.15) is 0 Å². The molecule has 1 aliphatic rings. The highest BCUT2D eigenvalue weighted by atomic mass is 16.1. The lowest BCUT2D eigenvalue weighted by Gasteiger charge is -2.15. The summed E-state index contributed by atoms with van der Waals surface area (Å²) in [5.41, 5.74) is 6.11. The van der Waals surface area contributed by atoms with Crippen LogP contribution in [0.4, 0.5) is 0 Å². The molecule has 1 N–H and O–H groups in total. The first-order valence-electron chi connectivity index (χ1n) is 9.17. The Morgan fingerprint density at radius 3 is 2.73 bits per heavy atom. The van der Waals surface area contributed by atoms with Crippen molar-refractivity contribution in [2.45, 2.75) is 38.6 Å². The normalized spacial score (nSPS) is 14.0. The van der Waals surface area contributed by atoms with Gasteiger partial charge >= 0.3 is 0 Å². The fourth-order valence-corrected chi connectivity index (χ4v) is 3.64. The number of hydrogen-bond donors (Lipinski definition) is 1. The van der Waals surface area contributed by atoms with Crippen LogP contribution in [0.1, 0.15) is 41.6 Å². The van der Waals surface area contributed by atoms with Gasteiger partial charge in [0.1, 0.15) is 0 Å². The van der Waals surface area contributed by atoms with E-state index in [-0.39, 0.29) is 11.9 Å². The summed E-state index contributed by atoms with van der Waals surface area (Å²) < 4.78 is 1.96. The van der Waals surface area contributed by atoms with Crippen LogP contribution in [0.2, 0.25) is 0 Å². The monoisotopic (exact) mass is 345 g/mol. The Balaban J connectivity index is 1.38. The number of carbonyl (C=O) groups excluding carboxylic acids is 1. The summed E-state index contributed by atoms with van der Waals surface area (Å²) in [6.45, 7) is 2.02. The highest BCUT2D eigenvalue weighted by molar-refractivity contribution is 5.79. The van der Waals surface area contributed by atoms with Crippen LogP contribution < -0.4 is 5.32 Å². The topological polar surface area (TPSA) is 46.9 Å². The van der Waals surface area contributed by atoms with Gasteiger partial charge in [-0.15, -0.1) is 0 Å². The first kappa shape index (κ1) is 16.6. The van der Waals surface area contributed by atoms with Crippen LogP contribution in [-0.2, 0) is 24.1 Å². The van der Waals surface area contributed by atoms with E-state index in [2.05, 4.69) is 40.6 Å². The third-order valence-electron chi connectivity index (χ3n) is 5.10. The second kappa shape index (κ2) is 7.16. The number of fused-ring (bicyclic) bond motifs is 1. The predicted molar refractivity (Wildman–Crippen MR) is 102 cm³/mol. The van der Waals surface area contributed by atoms with Crippen molar-refractivity contribution in [1.29, 1.82) is 0 Å². The molecule has 4 heteroatoms. The first-order valence-corrected chi connectivity index (χ1v) is 9.17. The van der Waals surface area contributed by atoms with Crippen molar-refractivity contribution >= 4 is 5.91 Å². The van der Waals surface area contributed by atoms with Gasteiger partial charge in [-0.3, -0.25) is 4.79 Å². The zero-order chi connectivity index (χ0) is 17.9. The van der Waals surface area contributed by atoms with E-state index in [1.54, 1.807) is 12.5 Å². The minimum Gasteiger partial charge on any atom is -0.349 e. The van der Waals surface area contributed by atoms with E-state index in [0.29, 0.717) is 6.42 Å². The van der Waals surface area contributed by atoms with E-state index in [1.807, 2.05) is 29.8 Å². The summed E-state index contributed by atoms with van der Waals surface area (Å²) in [7, 11) is 0. The van der Waals surface area contributed by atoms with Gasteiger partial charge in [-0.1, -0.05) is 30.3 Å². The molecule has 4 rings (SSSR count). The molecule has 1 aromatic heterocycles. The molecular formula is C22H23N3O. The summed E-state index contributed by atoms with van der Waals surface area (Å²) in [6, 6.07) is 14.6. The van der Waals surface area contributed by atoms with Crippen molar-refractivity contribution in [3.05, 3.63) is 83.4 Å². The number of rotatable bonds is 5. The number of benzene rings is 2. The Labute approximate surface area is 153 Å². The molecule has 1 heterocycles. The summed E-state index contributed by atoms with van der Waals surface area (Å²) in [4.78, 5) is 16.5. The highest BCUT2D eigenvalue weighted by Crippen LogP contribution is 2.23. The lowest BCUT2D eigenvalue weighted by atomic mass is 10.0. The molecule has 0 radical (unpaired) electrons. The van der Waals surface area contributed by atoms with Crippen molar-refractivity contribution < 1.29 is 4.79 Å². The van der Waals surface area contributed by atoms with Crippen molar-refractivity contribution in [3.63, 3.8) is 0 Å². The van der Waals surface area contributed by atoms with Crippen molar-refractivity contribution in [2.24, 2.45) is 0 Å². The average molecular weight is 345 g/mol. The molecule has 3 aromatic rings. The minimum atomic E-state index is -0.0197. The molecule has 0 aliphatic heterocycles. The third-order valence-corrected chi connectivity index (χ3v) is 5.10. The zero-order valence-electron chi connectivity index (χ0n) is 15.0. The molecule has 1 atom stereocenters. The standard InChI is InChI=1S/C22H23N3O/c1-16(18-7-9-21(10-8-18)25-12-11-23-15-25)24-22(26)14-17-5-6-19-3-2-4-20(19)13-17/h5-13,15-16H,2-4,14H2,1H3,(H,24,26)/t16-/m1/s1. The quantitative estimate of drug-likeness (QED) is 0.765. The summed E-state index contributed by atoms with van der Waals surface area (Å²) >= 11 is 0. The molecule has 0 saturated carbocycles. The number of carbonyl (C=O) groups is 1. The Kier molecular flexibility index (Phi) is 4.57. The number of nitrogens with one attached hydrogen (secondary N) is 1. The fourth-order valence-electron chi connectivity index (χ4n) is 3.64. The molecule has 0 fully saturated rings. The average Bonchev–Trinajstić information content (AvgIpc) is 3.33. The van der Waals surface area contributed by atoms with Crippen LogP contribution in [0.25, 0.3) is 5.69 Å². The number of amides is 1. The van der Waals surface area contributed by atoms with Crippen LogP contribution in [0.15, 0.2) is 61.2 Å².